The van der Waals surface area contributed by atoms with Gasteiger partial charge in [-0.1, -0.05) is 0 Å². The second-order valence-electron chi connectivity index (χ2n) is 7.47. The molecule has 0 saturated heterocycles. The second kappa shape index (κ2) is 9.19. The van der Waals surface area contributed by atoms with E-state index in [1.54, 1.807) is 24.3 Å². The Labute approximate surface area is 186 Å². The summed E-state index contributed by atoms with van der Waals surface area (Å²) in [6, 6.07) is 16.0. The Balaban J connectivity index is 1.60. The molecule has 0 aliphatic carbocycles. The van der Waals surface area contributed by atoms with Crippen molar-refractivity contribution in [2.75, 3.05) is 5.32 Å². The number of anilines is 1. The van der Waals surface area contributed by atoms with Gasteiger partial charge >= 0.3 is 6.18 Å². The molecule has 0 unspecified atom stereocenters. The van der Waals surface area contributed by atoms with Crippen molar-refractivity contribution in [3.8, 4) is 17.2 Å². The molecule has 3 aromatic carbocycles. The number of nitro groups is 1. The topological polar surface area (TPSA) is 90.7 Å². The minimum absolute atomic E-state index is 0.0529. The molecule has 3 aromatic rings. The van der Waals surface area contributed by atoms with Gasteiger partial charge in [0.2, 0.25) is 0 Å². The number of hydrogen-bond donors (Lipinski definition) is 1. The van der Waals surface area contributed by atoms with Crippen LogP contribution in [0.1, 0.15) is 19.4 Å². The molecule has 1 N–H and O–H groups in total. The number of carbonyl (C=O) groups excluding carboxylic acids is 1. The van der Waals surface area contributed by atoms with E-state index in [2.05, 4.69) is 5.32 Å². The van der Waals surface area contributed by atoms with E-state index in [4.69, 9.17) is 9.47 Å². The molecule has 3 rings (SSSR count). The maximum Gasteiger partial charge on any atom is 0.416 e. The van der Waals surface area contributed by atoms with Crippen LogP contribution in [0.3, 0.4) is 0 Å². The number of rotatable bonds is 7. The summed E-state index contributed by atoms with van der Waals surface area (Å²) < 4.78 is 49.4. The standard InChI is InChI=1S/C23H19F3N2O5/c1-22(2,21(29)27-16-5-3-15(4-6-16)23(24,25)26)33-20-13-11-19(12-14-20)32-18-9-7-17(8-10-18)28(30)31/h3-14H,1-2H3,(H,27,29). The third-order valence-electron chi connectivity index (χ3n) is 4.50. The van der Waals surface area contributed by atoms with Crippen molar-refractivity contribution in [1.82, 2.24) is 0 Å². The molecule has 33 heavy (non-hydrogen) atoms. The first-order valence-corrected chi connectivity index (χ1v) is 9.64. The van der Waals surface area contributed by atoms with Crippen LogP contribution < -0.4 is 14.8 Å². The van der Waals surface area contributed by atoms with Crippen molar-refractivity contribution in [3.05, 3.63) is 88.5 Å². The number of nitrogens with one attached hydrogen (secondary N) is 1. The highest BCUT2D eigenvalue weighted by Gasteiger charge is 2.32. The smallest absolute Gasteiger partial charge is 0.416 e. The molecular formula is C23H19F3N2O5. The van der Waals surface area contributed by atoms with E-state index in [0.717, 1.165) is 12.1 Å². The molecule has 0 fully saturated rings. The summed E-state index contributed by atoms with van der Waals surface area (Å²) in [5, 5.41) is 13.2. The lowest BCUT2D eigenvalue weighted by Gasteiger charge is -2.25. The lowest BCUT2D eigenvalue weighted by Crippen LogP contribution is -2.42. The van der Waals surface area contributed by atoms with Gasteiger partial charge in [-0.25, -0.2) is 0 Å². The van der Waals surface area contributed by atoms with Gasteiger partial charge in [-0.2, -0.15) is 13.2 Å². The molecule has 172 valence electrons. The Morgan fingerprint density at radius 3 is 1.82 bits per heavy atom. The number of nitro benzene ring substituents is 1. The van der Waals surface area contributed by atoms with Gasteiger partial charge in [-0.3, -0.25) is 14.9 Å². The summed E-state index contributed by atoms with van der Waals surface area (Å²) in [4.78, 5) is 22.8. The fraction of sp³-hybridized carbons (Fsp3) is 0.174. The van der Waals surface area contributed by atoms with Crippen LogP contribution in [0, 0.1) is 10.1 Å². The van der Waals surface area contributed by atoms with Crippen LogP contribution in [0.25, 0.3) is 0 Å². The quantitative estimate of drug-likeness (QED) is 0.335. The number of benzene rings is 3. The number of ether oxygens (including phenoxy) is 2. The molecule has 10 heteroatoms. The Bertz CT molecular complexity index is 1130. The Morgan fingerprint density at radius 1 is 0.848 bits per heavy atom. The van der Waals surface area contributed by atoms with Gasteiger partial charge in [0.25, 0.3) is 11.6 Å². The summed E-state index contributed by atoms with van der Waals surface area (Å²) in [6.07, 6.45) is -4.46. The van der Waals surface area contributed by atoms with E-state index in [9.17, 15) is 28.1 Å². The highest BCUT2D eigenvalue weighted by atomic mass is 19.4. The van der Waals surface area contributed by atoms with Gasteiger partial charge in [0.05, 0.1) is 10.5 Å². The first kappa shape index (κ1) is 23.6. The molecule has 0 atom stereocenters. The molecule has 0 aromatic heterocycles. The summed E-state index contributed by atoms with van der Waals surface area (Å²) in [5.74, 6) is 0.667. The molecule has 0 aliphatic rings. The average molecular weight is 460 g/mol. The van der Waals surface area contributed by atoms with E-state index in [0.29, 0.717) is 17.2 Å². The maximum absolute atomic E-state index is 12.7. The minimum atomic E-state index is -4.46. The van der Waals surface area contributed by atoms with Gasteiger partial charge in [-0.05, 0) is 74.5 Å². The third-order valence-corrected chi connectivity index (χ3v) is 4.50. The number of non-ortho nitro benzene ring substituents is 1. The van der Waals surface area contributed by atoms with Crippen molar-refractivity contribution in [2.45, 2.75) is 25.6 Å². The Kier molecular flexibility index (Phi) is 6.57. The predicted molar refractivity (Wildman–Crippen MR) is 114 cm³/mol. The molecule has 0 heterocycles. The maximum atomic E-state index is 12.7. The first-order valence-electron chi connectivity index (χ1n) is 9.64. The molecule has 7 nitrogen and oxygen atoms in total. The van der Waals surface area contributed by atoms with E-state index in [-0.39, 0.29) is 11.4 Å². The number of alkyl halides is 3. The second-order valence-corrected chi connectivity index (χ2v) is 7.47. The van der Waals surface area contributed by atoms with Crippen LogP contribution >= 0.6 is 0 Å². The number of amides is 1. The summed E-state index contributed by atoms with van der Waals surface area (Å²) >= 11 is 0. The van der Waals surface area contributed by atoms with Gasteiger partial charge in [0, 0.05) is 17.8 Å². The highest BCUT2D eigenvalue weighted by molar-refractivity contribution is 5.97. The molecule has 0 saturated carbocycles. The Morgan fingerprint density at radius 2 is 1.33 bits per heavy atom. The molecule has 0 bridgehead atoms. The zero-order valence-electron chi connectivity index (χ0n) is 17.6. The number of hydrogen-bond acceptors (Lipinski definition) is 5. The Hall–Kier alpha value is -4.08. The van der Waals surface area contributed by atoms with Crippen molar-refractivity contribution < 1.29 is 32.4 Å². The zero-order valence-corrected chi connectivity index (χ0v) is 17.6. The predicted octanol–water partition coefficient (Wildman–Crippen LogP) is 6.20. The van der Waals surface area contributed by atoms with Gasteiger partial charge in [0.1, 0.15) is 17.2 Å². The summed E-state index contributed by atoms with van der Waals surface area (Å²) in [5.41, 5.74) is -1.99. The van der Waals surface area contributed by atoms with E-state index in [1.807, 2.05) is 0 Å². The van der Waals surface area contributed by atoms with Crippen molar-refractivity contribution >= 4 is 17.3 Å². The largest absolute Gasteiger partial charge is 0.478 e. The molecule has 0 spiro atoms. The van der Waals surface area contributed by atoms with Crippen LogP contribution in [0.5, 0.6) is 17.2 Å². The fourth-order valence-corrected chi connectivity index (χ4v) is 2.71. The third kappa shape index (κ3) is 6.22. The van der Waals surface area contributed by atoms with Crippen molar-refractivity contribution in [1.29, 1.82) is 0 Å². The van der Waals surface area contributed by atoms with Crippen molar-refractivity contribution in [2.24, 2.45) is 0 Å². The van der Waals surface area contributed by atoms with Crippen LogP contribution in [0.2, 0.25) is 0 Å². The van der Waals surface area contributed by atoms with E-state index in [1.165, 1.54) is 50.2 Å². The van der Waals surface area contributed by atoms with E-state index < -0.39 is 28.2 Å². The van der Waals surface area contributed by atoms with Crippen LogP contribution in [-0.4, -0.2) is 16.4 Å². The monoisotopic (exact) mass is 460 g/mol. The molecule has 1 amide bonds. The van der Waals surface area contributed by atoms with Crippen LogP contribution in [-0.2, 0) is 11.0 Å². The zero-order chi connectivity index (χ0) is 24.2. The van der Waals surface area contributed by atoms with Gasteiger partial charge in [0.15, 0.2) is 5.60 Å². The highest BCUT2D eigenvalue weighted by Crippen LogP contribution is 2.30. The lowest BCUT2D eigenvalue weighted by molar-refractivity contribution is -0.384. The molecule has 0 aliphatic heterocycles. The average Bonchev–Trinajstić information content (AvgIpc) is 2.75. The number of carbonyl (C=O) groups is 1. The van der Waals surface area contributed by atoms with Crippen molar-refractivity contribution in [3.63, 3.8) is 0 Å². The minimum Gasteiger partial charge on any atom is -0.478 e. The number of nitrogens with zero attached hydrogens (tertiary/aromatic N) is 1. The van der Waals surface area contributed by atoms with Gasteiger partial charge in [-0.15, -0.1) is 0 Å². The summed E-state index contributed by atoms with van der Waals surface area (Å²) in [7, 11) is 0. The first-order chi connectivity index (χ1) is 15.4. The number of halogens is 3. The molecular weight excluding hydrogens is 441 g/mol. The normalized spacial score (nSPS) is 11.5. The van der Waals surface area contributed by atoms with Crippen LogP contribution in [0.15, 0.2) is 72.8 Å². The van der Waals surface area contributed by atoms with E-state index >= 15 is 0 Å². The SMILES string of the molecule is CC(C)(Oc1ccc(Oc2ccc([N+](=O)[O-])cc2)cc1)C(=O)Nc1ccc(C(F)(F)F)cc1. The summed E-state index contributed by atoms with van der Waals surface area (Å²) in [6.45, 7) is 3.04. The van der Waals surface area contributed by atoms with Crippen LogP contribution in [0.4, 0.5) is 24.5 Å². The molecule has 0 radical (unpaired) electrons. The van der Waals surface area contributed by atoms with Gasteiger partial charge < -0.3 is 14.8 Å². The lowest BCUT2D eigenvalue weighted by atomic mass is 10.1. The fourth-order valence-electron chi connectivity index (χ4n) is 2.71.